The van der Waals surface area contributed by atoms with E-state index >= 15 is 0 Å². The molecule has 2 nitrogen and oxygen atoms in total. The molecule has 2 N–H and O–H groups in total. The molecule has 0 unspecified atom stereocenters. The topological polar surface area (TPSA) is 35.2 Å². The number of hydrogen-bond donors (Lipinski definition) is 1. The van der Waals surface area contributed by atoms with Gasteiger partial charge in [0.2, 0.25) is 0 Å². The Morgan fingerprint density at radius 3 is 2.26 bits per heavy atom. The second kappa shape index (κ2) is 8.35. The van der Waals surface area contributed by atoms with Crippen molar-refractivity contribution in [1.29, 1.82) is 0 Å². The summed E-state index contributed by atoms with van der Waals surface area (Å²) in [5.74, 6) is 0.878. The van der Waals surface area contributed by atoms with Crippen molar-refractivity contribution < 1.29 is 4.74 Å². The highest BCUT2D eigenvalue weighted by Gasteiger charge is 1.95. The molecule has 2 rings (SSSR count). The van der Waals surface area contributed by atoms with Gasteiger partial charge in [-0.25, -0.2) is 0 Å². The average molecular weight is 276 g/mol. The van der Waals surface area contributed by atoms with E-state index in [1.165, 1.54) is 5.56 Å². The predicted molar refractivity (Wildman–Crippen MR) is 82.6 cm³/mol. The van der Waals surface area contributed by atoms with E-state index in [4.69, 9.17) is 10.5 Å². The van der Waals surface area contributed by atoms with Gasteiger partial charge in [-0.15, -0.1) is 12.4 Å². The number of halogens is 1. The molecule has 0 heterocycles. The summed E-state index contributed by atoms with van der Waals surface area (Å²) in [6.45, 7) is 1.16. The SMILES string of the molecule is Cl.NCC=Cc1ccc(OCc2ccccc2)cc1. The van der Waals surface area contributed by atoms with Crippen LogP contribution in [0.1, 0.15) is 11.1 Å². The van der Waals surface area contributed by atoms with Crippen LogP contribution in [0.15, 0.2) is 60.7 Å². The maximum atomic E-state index is 5.70. The first-order chi connectivity index (χ1) is 8.88. The van der Waals surface area contributed by atoms with E-state index in [1.807, 2.05) is 54.6 Å². The molecule has 19 heavy (non-hydrogen) atoms. The molecule has 2 aromatic carbocycles. The summed E-state index contributed by atoms with van der Waals surface area (Å²) in [5, 5.41) is 0. The minimum Gasteiger partial charge on any atom is -0.489 e. The smallest absolute Gasteiger partial charge is 0.119 e. The monoisotopic (exact) mass is 275 g/mol. The number of rotatable bonds is 5. The average Bonchev–Trinajstić information content (AvgIpc) is 2.45. The summed E-state index contributed by atoms with van der Waals surface area (Å²) in [7, 11) is 0. The van der Waals surface area contributed by atoms with Crippen LogP contribution in [-0.2, 0) is 6.61 Å². The molecule has 0 fully saturated rings. The molecular weight excluding hydrogens is 258 g/mol. The van der Waals surface area contributed by atoms with Gasteiger partial charge >= 0.3 is 0 Å². The lowest BCUT2D eigenvalue weighted by Crippen LogP contribution is -1.94. The molecule has 0 atom stereocenters. The molecule has 0 radical (unpaired) electrons. The van der Waals surface area contributed by atoms with Crippen molar-refractivity contribution in [2.75, 3.05) is 6.54 Å². The van der Waals surface area contributed by atoms with Gasteiger partial charge in [-0.05, 0) is 23.3 Å². The van der Waals surface area contributed by atoms with E-state index in [0.29, 0.717) is 13.2 Å². The molecule has 0 aliphatic heterocycles. The summed E-state index contributed by atoms with van der Waals surface area (Å²) in [4.78, 5) is 0. The Balaban J connectivity index is 0.00000180. The Kier molecular flexibility index (Phi) is 6.72. The zero-order chi connectivity index (χ0) is 12.6. The van der Waals surface area contributed by atoms with Crippen molar-refractivity contribution in [3.05, 3.63) is 71.8 Å². The Labute approximate surface area is 120 Å². The van der Waals surface area contributed by atoms with Gasteiger partial charge in [0.25, 0.3) is 0 Å². The molecule has 0 bridgehead atoms. The van der Waals surface area contributed by atoms with E-state index in [2.05, 4.69) is 12.1 Å². The van der Waals surface area contributed by atoms with Gasteiger partial charge < -0.3 is 10.5 Å². The quantitative estimate of drug-likeness (QED) is 0.904. The Bertz CT molecular complexity index is 494. The van der Waals surface area contributed by atoms with Crippen LogP contribution in [0.3, 0.4) is 0 Å². The van der Waals surface area contributed by atoms with Crippen LogP contribution in [0.5, 0.6) is 5.75 Å². The third kappa shape index (κ3) is 5.16. The zero-order valence-electron chi connectivity index (χ0n) is 10.7. The first-order valence-corrected chi connectivity index (χ1v) is 6.02. The van der Waals surface area contributed by atoms with Gasteiger partial charge in [0.05, 0.1) is 0 Å². The maximum absolute atomic E-state index is 5.70. The molecule has 0 aliphatic carbocycles. The molecule has 0 saturated carbocycles. The standard InChI is InChI=1S/C16H17NO.ClH/c17-12-4-7-14-8-10-16(11-9-14)18-13-15-5-2-1-3-6-15;/h1-11H,12-13,17H2;1H. The van der Waals surface area contributed by atoms with Crippen LogP contribution in [0.2, 0.25) is 0 Å². The highest BCUT2D eigenvalue weighted by Crippen LogP contribution is 2.14. The van der Waals surface area contributed by atoms with Crippen LogP contribution in [0.25, 0.3) is 6.08 Å². The first kappa shape index (κ1) is 15.3. The van der Waals surface area contributed by atoms with E-state index < -0.39 is 0 Å². The minimum absolute atomic E-state index is 0. The summed E-state index contributed by atoms with van der Waals surface area (Å²) >= 11 is 0. The van der Waals surface area contributed by atoms with Crippen molar-refractivity contribution in [2.45, 2.75) is 6.61 Å². The van der Waals surface area contributed by atoms with E-state index in [1.54, 1.807) is 0 Å². The van der Waals surface area contributed by atoms with Crippen molar-refractivity contribution in [3.63, 3.8) is 0 Å². The normalized spacial score (nSPS) is 10.2. The van der Waals surface area contributed by atoms with Crippen molar-refractivity contribution >= 4 is 18.5 Å². The first-order valence-electron chi connectivity index (χ1n) is 6.02. The van der Waals surface area contributed by atoms with Gasteiger partial charge in [0.15, 0.2) is 0 Å². The van der Waals surface area contributed by atoms with Gasteiger partial charge in [-0.1, -0.05) is 54.6 Å². The summed E-state index contributed by atoms with van der Waals surface area (Å²) in [6, 6.07) is 18.1. The number of hydrogen-bond acceptors (Lipinski definition) is 2. The van der Waals surface area contributed by atoms with Crippen molar-refractivity contribution in [1.82, 2.24) is 0 Å². The predicted octanol–water partition coefficient (Wildman–Crippen LogP) is 3.66. The number of nitrogens with two attached hydrogens (primary N) is 1. The minimum atomic E-state index is 0. The molecule has 0 aromatic heterocycles. The van der Waals surface area contributed by atoms with Crippen LogP contribution in [-0.4, -0.2) is 6.54 Å². The molecular formula is C16H18ClNO. The van der Waals surface area contributed by atoms with Crippen LogP contribution < -0.4 is 10.5 Å². The zero-order valence-corrected chi connectivity index (χ0v) is 11.5. The fourth-order valence-electron chi connectivity index (χ4n) is 1.62. The fourth-order valence-corrected chi connectivity index (χ4v) is 1.62. The molecule has 0 saturated heterocycles. The highest BCUT2D eigenvalue weighted by atomic mass is 35.5. The van der Waals surface area contributed by atoms with Crippen molar-refractivity contribution in [3.8, 4) is 5.75 Å². The van der Waals surface area contributed by atoms with E-state index in [9.17, 15) is 0 Å². The maximum Gasteiger partial charge on any atom is 0.119 e. The van der Waals surface area contributed by atoms with Gasteiger partial charge in [0.1, 0.15) is 12.4 Å². The molecule has 0 aliphatic rings. The third-order valence-corrected chi connectivity index (χ3v) is 2.57. The second-order valence-electron chi connectivity index (χ2n) is 3.98. The lowest BCUT2D eigenvalue weighted by molar-refractivity contribution is 0.306. The lowest BCUT2D eigenvalue weighted by atomic mass is 10.2. The molecule has 3 heteroatoms. The Morgan fingerprint density at radius 2 is 1.63 bits per heavy atom. The van der Waals surface area contributed by atoms with Gasteiger partial charge in [-0.3, -0.25) is 0 Å². The molecule has 100 valence electrons. The molecule has 0 spiro atoms. The summed E-state index contributed by atoms with van der Waals surface area (Å²) in [6.07, 6.45) is 3.93. The van der Waals surface area contributed by atoms with Crippen LogP contribution >= 0.6 is 12.4 Å². The number of ether oxygens (including phenoxy) is 1. The molecule has 0 amide bonds. The second-order valence-corrected chi connectivity index (χ2v) is 3.98. The van der Waals surface area contributed by atoms with E-state index in [0.717, 1.165) is 11.3 Å². The number of benzene rings is 2. The fraction of sp³-hybridized carbons (Fsp3) is 0.125. The molecule has 2 aromatic rings. The Hall–Kier alpha value is -1.77. The van der Waals surface area contributed by atoms with Gasteiger partial charge in [-0.2, -0.15) is 0 Å². The van der Waals surface area contributed by atoms with E-state index in [-0.39, 0.29) is 12.4 Å². The third-order valence-electron chi connectivity index (χ3n) is 2.57. The largest absolute Gasteiger partial charge is 0.489 e. The Morgan fingerprint density at radius 1 is 0.947 bits per heavy atom. The van der Waals surface area contributed by atoms with Crippen molar-refractivity contribution in [2.24, 2.45) is 5.73 Å². The summed E-state index contributed by atoms with van der Waals surface area (Å²) in [5.41, 5.74) is 7.71. The van der Waals surface area contributed by atoms with Gasteiger partial charge in [0, 0.05) is 6.54 Å². The van der Waals surface area contributed by atoms with Crippen LogP contribution in [0.4, 0.5) is 0 Å². The highest BCUT2D eigenvalue weighted by molar-refractivity contribution is 5.85. The lowest BCUT2D eigenvalue weighted by Gasteiger charge is -2.06. The van der Waals surface area contributed by atoms with Crippen LogP contribution in [0, 0.1) is 0 Å². The summed E-state index contributed by atoms with van der Waals surface area (Å²) < 4.78 is 5.70.